The first kappa shape index (κ1) is 32.5. The molecule has 0 spiro atoms. The molecule has 0 saturated heterocycles. The van der Waals surface area contributed by atoms with Crippen molar-refractivity contribution < 1.29 is 18.0 Å². The second-order valence-corrected chi connectivity index (χ2v) is 13.0. The quantitative estimate of drug-likeness (QED) is 0.202. The fourth-order valence-electron chi connectivity index (χ4n) is 4.94. The number of benzene rings is 4. The minimum atomic E-state index is -4.12. The summed E-state index contributed by atoms with van der Waals surface area (Å²) in [5.74, 6) is -0.754. The van der Waals surface area contributed by atoms with Crippen molar-refractivity contribution >= 4 is 27.5 Å². The molecule has 0 heterocycles. The zero-order valence-corrected chi connectivity index (χ0v) is 26.7. The first-order valence-electron chi connectivity index (χ1n) is 14.9. The Labute approximate surface area is 261 Å². The summed E-state index contributed by atoms with van der Waals surface area (Å²) < 4.78 is 29.3. The lowest BCUT2D eigenvalue weighted by Gasteiger charge is -2.34. The van der Waals surface area contributed by atoms with E-state index in [1.54, 1.807) is 30.3 Å². The summed E-state index contributed by atoms with van der Waals surface area (Å²) in [6.45, 7) is 7.95. The van der Waals surface area contributed by atoms with Crippen molar-refractivity contribution in [2.45, 2.75) is 58.0 Å². The van der Waals surface area contributed by atoms with Crippen LogP contribution in [0.4, 0.5) is 5.69 Å². The lowest BCUT2D eigenvalue weighted by Crippen LogP contribution is -2.53. The van der Waals surface area contributed by atoms with Gasteiger partial charge in [-0.1, -0.05) is 91.3 Å². The van der Waals surface area contributed by atoms with E-state index in [2.05, 4.69) is 5.32 Å². The van der Waals surface area contributed by atoms with Gasteiger partial charge in [-0.3, -0.25) is 13.9 Å². The number of aryl methyl sites for hydroxylation is 3. The normalized spacial score (nSPS) is 11.9. The van der Waals surface area contributed by atoms with Crippen molar-refractivity contribution in [2.24, 2.45) is 0 Å². The van der Waals surface area contributed by atoms with E-state index in [4.69, 9.17) is 0 Å². The molecule has 1 atom stereocenters. The molecular weight excluding hydrogens is 570 g/mol. The highest BCUT2D eigenvalue weighted by Crippen LogP contribution is 2.27. The fourth-order valence-corrected chi connectivity index (χ4v) is 6.37. The third-order valence-corrected chi connectivity index (χ3v) is 9.47. The van der Waals surface area contributed by atoms with Crippen LogP contribution in [0.15, 0.2) is 108 Å². The Kier molecular flexibility index (Phi) is 11.0. The van der Waals surface area contributed by atoms with E-state index in [1.807, 2.05) is 88.4 Å². The molecular formula is C36H41N3O4S. The largest absolute Gasteiger partial charge is 0.354 e. The van der Waals surface area contributed by atoms with Crippen LogP contribution in [0.25, 0.3) is 0 Å². The first-order valence-corrected chi connectivity index (χ1v) is 16.4. The van der Waals surface area contributed by atoms with Gasteiger partial charge in [0, 0.05) is 19.5 Å². The molecule has 0 aliphatic carbocycles. The van der Waals surface area contributed by atoms with Crippen molar-refractivity contribution in [3.05, 3.63) is 131 Å². The lowest BCUT2D eigenvalue weighted by molar-refractivity contribution is -0.140. The molecule has 4 aromatic carbocycles. The predicted octanol–water partition coefficient (Wildman–Crippen LogP) is 5.97. The number of hydrogen-bond donors (Lipinski definition) is 1. The van der Waals surface area contributed by atoms with Gasteiger partial charge in [0.15, 0.2) is 0 Å². The number of anilines is 1. The summed E-state index contributed by atoms with van der Waals surface area (Å²) >= 11 is 0. The Morgan fingerprint density at radius 2 is 1.41 bits per heavy atom. The van der Waals surface area contributed by atoms with Crippen LogP contribution in [-0.2, 0) is 32.6 Å². The Morgan fingerprint density at radius 1 is 0.773 bits per heavy atom. The highest BCUT2D eigenvalue weighted by Gasteiger charge is 2.34. The highest BCUT2D eigenvalue weighted by atomic mass is 32.2. The van der Waals surface area contributed by atoms with Gasteiger partial charge in [-0.15, -0.1) is 0 Å². The number of carbonyl (C=O) groups is 2. The average molecular weight is 612 g/mol. The molecule has 0 radical (unpaired) electrons. The maximum atomic E-state index is 14.5. The molecule has 230 valence electrons. The summed E-state index contributed by atoms with van der Waals surface area (Å²) in [7, 11) is -4.12. The number of hydrogen-bond acceptors (Lipinski definition) is 4. The minimum Gasteiger partial charge on any atom is -0.354 e. The Hall–Kier alpha value is -4.43. The van der Waals surface area contributed by atoms with Gasteiger partial charge < -0.3 is 10.2 Å². The molecule has 0 aliphatic rings. The Balaban J connectivity index is 1.80. The van der Waals surface area contributed by atoms with E-state index in [9.17, 15) is 18.0 Å². The molecule has 7 nitrogen and oxygen atoms in total. The summed E-state index contributed by atoms with van der Waals surface area (Å²) in [6.07, 6.45) is 1.02. The first-order chi connectivity index (χ1) is 21.1. The zero-order chi connectivity index (χ0) is 31.7. The lowest BCUT2D eigenvalue weighted by atomic mass is 10.0. The predicted molar refractivity (Wildman–Crippen MR) is 176 cm³/mol. The number of nitrogens with one attached hydrogen (secondary N) is 1. The van der Waals surface area contributed by atoms with Crippen LogP contribution < -0.4 is 9.62 Å². The molecule has 0 bridgehead atoms. The molecule has 4 aromatic rings. The van der Waals surface area contributed by atoms with Gasteiger partial charge in [-0.05, 0) is 73.7 Å². The maximum Gasteiger partial charge on any atom is 0.264 e. The molecule has 2 amide bonds. The van der Waals surface area contributed by atoms with Crippen LogP contribution in [0.2, 0.25) is 0 Å². The molecule has 1 N–H and O–H groups in total. The van der Waals surface area contributed by atoms with Crippen molar-refractivity contribution in [3.8, 4) is 0 Å². The monoisotopic (exact) mass is 611 g/mol. The Bertz CT molecular complexity index is 1660. The molecule has 4 rings (SSSR count). The SMILES string of the molecule is CCCNC(=O)[C@@H](Cc1ccccc1)N(Cc1ccc(C)cc1)C(=O)CN(c1ccc(C)c(C)c1)S(=O)(=O)c1ccccc1. The summed E-state index contributed by atoms with van der Waals surface area (Å²) in [5.41, 5.74) is 5.11. The zero-order valence-electron chi connectivity index (χ0n) is 25.9. The number of nitrogens with zero attached hydrogens (tertiary/aromatic N) is 2. The smallest absolute Gasteiger partial charge is 0.264 e. The third kappa shape index (κ3) is 8.14. The third-order valence-electron chi connectivity index (χ3n) is 7.68. The summed E-state index contributed by atoms with van der Waals surface area (Å²) in [4.78, 5) is 29.8. The van der Waals surface area contributed by atoms with E-state index >= 15 is 0 Å². The van der Waals surface area contributed by atoms with E-state index in [-0.39, 0.29) is 23.8 Å². The highest BCUT2D eigenvalue weighted by molar-refractivity contribution is 7.92. The van der Waals surface area contributed by atoms with Gasteiger partial charge in [0.05, 0.1) is 10.6 Å². The van der Waals surface area contributed by atoms with Gasteiger partial charge in [-0.2, -0.15) is 0 Å². The van der Waals surface area contributed by atoms with Crippen LogP contribution in [0.5, 0.6) is 0 Å². The minimum absolute atomic E-state index is 0.0811. The van der Waals surface area contributed by atoms with Crippen LogP contribution in [0.1, 0.15) is 41.2 Å². The Morgan fingerprint density at radius 3 is 2.02 bits per heavy atom. The second-order valence-electron chi connectivity index (χ2n) is 11.1. The van der Waals surface area contributed by atoms with Crippen LogP contribution in [-0.4, -0.2) is 44.3 Å². The van der Waals surface area contributed by atoms with Crippen LogP contribution >= 0.6 is 0 Å². The summed E-state index contributed by atoms with van der Waals surface area (Å²) in [6, 6.07) is 29.9. The van der Waals surface area contributed by atoms with E-state index in [0.29, 0.717) is 12.2 Å². The molecule has 8 heteroatoms. The van der Waals surface area contributed by atoms with Gasteiger partial charge >= 0.3 is 0 Å². The molecule has 0 unspecified atom stereocenters. The van der Waals surface area contributed by atoms with Crippen molar-refractivity contribution in [3.63, 3.8) is 0 Å². The molecule has 0 saturated carbocycles. The van der Waals surface area contributed by atoms with Gasteiger partial charge in [0.1, 0.15) is 12.6 Å². The number of carbonyl (C=O) groups excluding carboxylic acids is 2. The van der Waals surface area contributed by atoms with Crippen molar-refractivity contribution in [2.75, 3.05) is 17.4 Å². The molecule has 0 aliphatic heterocycles. The number of rotatable bonds is 13. The van der Waals surface area contributed by atoms with Crippen molar-refractivity contribution in [1.82, 2.24) is 10.2 Å². The average Bonchev–Trinajstić information content (AvgIpc) is 3.03. The van der Waals surface area contributed by atoms with Crippen molar-refractivity contribution in [1.29, 1.82) is 0 Å². The van der Waals surface area contributed by atoms with E-state index in [0.717, 1.165) is 38.5 Å². The second kappa shape index (κ2) is 14.8. The topological polar surface area (TPSA) is 86.8 Å². The van der Waals surface area contributed by atoms with Gasteiger partial charge in [0.2, 0.25) is 11.8 Å². The molecule has 0 aromatic heterocycles. The fraction of sp³-hybridized carbons (Fsp3) is 0.278. The molecule has 0 fully saturated rings. The van der Waals surface area contributed by atoms with Gasteiger partial charge in [-0.25, -0.2) is 8.42 Å². The van der Waals surface area contributed by atoms with Crippen LogP contribution in [0.3, 0.4) is 0 Å². The van der Waals surface area contributed by atoms with E-state index < -0.39 is 28.5 Å². The maximum absolute atomic E-state index is 14.5. The number of amides is 2. The standard InChI is InChI=1S/C36H41N3O4S/c1-5-22-37-36(41)34(24-30-12-8-6-9-13-30)38(25-31-19-16-27(2)17-20-31)35(40)26-39(32-21-18-28(3)29(4)23-32)44(42,43)33-14-10-7-11-15-33/h6-21,23,34H,5,22,24-26H2,1-4H3,(H,37,41)/t34-/m1/s1. The van der Waals surface area contributed by atoms with Crippen LogP contribution in [0, 0.1) is 20.8 Å². The van der Waals surface area contributed by atoms with Gasteiger partial charge in [0.25, 0.3) is 10.0 Å². The van der Waals surface area contributed by atoms with E-state index in [1.165, 1.54) is 17.0 Å². The molecule has 44 heavy (non-hydrogen) atoms. The summed E-state index contributed by atoms with van der Waals surface area (Å²) in [5, 5.41) is 2.97. The number of sulfonamides is 1.